The summed E-state index contributed by atoms with van der Waals surface area (Å²) >= 11 is 0. The number of nitrogens with one attached hydrogen (secondary N) is 2. The first kappa shape index (κ1) is 21.2. The van der Waals surface area contributed by atoms with Gasteiger partial charge in [-0.25, -0.2) is 4.98 Å². The quantitative estimate of drug-likeness (QED) is 0.802. The first-order chi connectivity index (χ1) is 11.8. The van der Waals surface area contributed by atoms with Gasteiger partial charge in [0.1, 0.15) is 5.82 Å². The molecule has 6 nitrogen and oxygen atoms in total. The van der Waals surface area contributed by atoms with Gasteiger partial charge in [-0.3, -0.25) is 4.79 Å². The maximum atomic E-state index is 12.6. The highest BCUT2D eigenvalue weighted by Gasteiger charge is 2.57. The zero-order valence-electron chi connectivity index (χ0n) is 14.9. The van der Waals surface area contributed by atoms with Gasteiger partial charge in [-0.05, 0) is 43.8 Å². The number of ether oxygens (including phenoxy) is 1. The number of carbonyl (C=O) groups excluding carboxylic acids is 1. The van der Waals surface area contributed by atoms with E-state index in [0.29, 0.717) is 6.54 Å². The Bertz CT molecular complexity index is 605. The van der Waals surface area contributed by atoms with Crippen LogP contribution in [0.25, 0.3) is 0 Å². The van der Waals surface area contributed by atoms with Crippen molar-refractivity contribution in [2.24, 2.45) is 11.3 Å². The van der Waals surface area contributed by atoms with Gasteiger partial charge in [0.2, 0.25) is 5.91 Å². The first-order valence-electron chi connectivity index (χ1n) is 9.04. The highest BCUT2D eigenvalue weighted by atomic mass is 35.5. The second-order valence-corrected chi connectivity index (χ2v) is 7.17. The molecule has 1 amide bonds. The Kier molecular flexibility index (Phi) is 7.52. The van der Waals surface area contributed by atoms with Gasteiger partial charge in [0.05, 0.1) is 13.2 Å². The summed E-state index contributed by atoms with van der Waals surface area (Å²) in [6, 6.07) is 4.00. The van der Waals surface area contributed by atoms with E-state index >= 15 is 0 Å². The van der Waals surface area contributed by atoms with Crippen molar-refractivity contribution < 1.29 is 9.53 Å². The lowest BCUT2D eigenvalue weighted by molar-refractivity contribution is -0.123. The van der Waals surface area contributed by atoms with E-state index in [2.05, 4.69) is 26.6 Å². The van der Waals surface area contributed by atoms with E-state index in [9.17, 15) is 4.79 Å². The number of hydrogen-bond acceptors (Lipinski definition) is 5. The molecular formula is C18H28Cl2N4O2. The fraction of sp³-hybridized carbons (Fsp3) is 0.667. The first-order valence-corrected chi connectivity index (χ1v) is 9.04. The number of piperidine rings is 1. The molecule has 3 heterocycles. The van der Waals surface area contributed by atoms with Gasteiger partial charge >= 0.3 is 0 Å². The Labute approximate surface area is 167 Å². The van der Waals surface area contributed by atoms with Crippen LogP contribution in [0, 0.1) is 11.3 Å². The highest BCUT2D eigenvalue weighted by molar-refractivity contribution is 5.85. The van der Waals surface area contributed by atoms with Gasteiger partial charge in [0.15, 0.2) is 0 Å². The van der Waals surface area contributed by atoms with Crippen molar-refractivity contribution in [3.63, 3.8) is 0 Å². The van der Waals surface area contributed by atoms with Crippen molar-refractivity contribution in [1.82, 2.24) is 15.6 Å². The van der Waals surface area contributed by atoms with Gasteiger partial charge in [-0.2, -0.15) is 0 Å². The smallest absolute Gasteiger partial charge is 0.223 e. The molecule has 26 heavy (non-hydrogen) atoms. The molecule has 3 fully saturated rings. The zero-order valence-corrected chi connectivity index (χ0v) is 16.5. The summed E-state index contributed by atoms with van der Waals surface area (Å²) in [5.74, 6) is 1.41. The molecule has 1 aromatic rings. The fourth-order valence-corrected chi connectivity index (χ4v) is 4.13. The van der Waals surface area contributed by atoms with Crippen LogP contribution in [0.5, 0.6) is 0 Å². The van der Waals surface area contributed by atoms with Crippen molar-refractivity contribution in [2.45, 2.75) is 25.8 Å². The molecule has 1 unspecified atom stereocenters. The van der Waals surface area contributed by atoms with Crippen LogP contribution in [0.1, 0.15) is 24.8 Å². The molecule has 8 heteroatoms. The van der Waals surface area contributed by atoms with E-state index in [0.717, 1.165) is 70.0 Å². The Morgan fingerprint density at radius 2 is 2.04 bits per heavy atom. The number of aromatic nitrogens is 1. The third kappa shape index (κ3) is 4.42. The summed E-state index contributed by atoms with van der Waals surface area (Å²) in [6.45, 7) is 5.85. The Morgan fingerprint density at radius 1 is 1.31 bits per heavy atom. The van der Waals surface area contributed by atoms with Crippen LogP contribution in [0.15, 0.2) is 18.3 Å². The highest BCUT2D eigenvalue weighted by Crippen LogP contribution is 2.58. The SMILES string of the molecule is Cl.Cl.O=C(NCc1cccnc1N1CCOCC1)C1CC12CCNCC2. The minimum absolute atomic E-state index is 0. The van der Waals surface area contributed by atoms with E-state index in [4.69, 9.17) is 4.74 Å². The van der Waals surface area contributed by atoms with Crippen LogP contribution in [0.4, 0.5) is 5.82 Å². The van der Waals surface area contributed by atoms with E-state index in [-0.39, 0.29) is 42.1 Å². The summed E-state index contributed by atoms with van der Waals surface area (Å²) in [4.78, 5) is 19.3. The second kappa shape index (κ2) is 9.22. The normalized spacial score (nSPS) is 23.5. The molecule has 3 aliphatic rings. The number of amides is 1. The summed E-state index contributed by atoms with van der Waals surface area (Å²) in [5.41, 5.74) is 1.38. The maximum absolute atomic E-state index is 12.6. The molecule has 1 aliphatic carbocycles. The van der Waals surface area contributed by atoms with Crippen LogP contribution in [-0.4, -0.2) is 50.3 Å². The number of nitrogens with zero attached hydrogens (tertiary/aromatic N) is 2. The number of rotatable bonds is 4. The van der Waals surface area contributed by atoms with Gasteiger partial charge < -0.3 is 20.3 Å². The zero-order chi connectivity index (χ0) is 16.4. The summed E-state index contributed by atoms with van der Waals surface area (Å²) in [7, 11) is 0. The second-order valence-electron chi connectivity index (χ2n) is 7.17. The fourth-order valence-electron chi connectivity index (χ4n) is 4.13. The lowest BCUT2D eigenvalue weighted by Gasteiger charge is -2.29. The summed E-state index contributed by atoms with van der Waals surface area (Å²) in [5, 5.41) is 6.54. The van der Waals surface area contributed by atoms with Gasteiger partial charge in [0.25, 0.3) is 0 Å². The molecule has 1 spiro atoms. The molecule has 2 aliphatic heterocycles. The number of hydrogen-bond donors (Lipinski definition) is 2. The summed E-state index contributed by atoms with van der Waals surface area (Å²) < 4.78 is 5.42. The molecule has 1 atom stereocenters. The van der Waals surface area contributed by atoms with E-state index in [1.54, 1.807) is 0 Å². The Balaban J connectivity index is 0.00000121. The van der Waals surface area contributed by atoms with Crippen LogP contribution in [-0.2, 0) is 16.1 Å². The average molecular weight is 403 g/mol. The maximum Gasteiger partial charge on any atom is 0.223 e. The van der Waals surface area contributed by atoms with Crippen molar-refractivity contribution in [3.05, 3.63) is 23.9 Å². The van der Waals surface area contributed by atoms with Gasteiger partial charge in [0, 0.05) is 37.3 Å². The molecule has 0 aromatic carbocycles. The number of pyridine rings is 1. The number of carbonyl (C=O) groups is 1. The van der Waals surface area contributed by atoms with Gasteiger partial charge in [-0.15, -0.1) is 24.8 Å². The molecule has 0 bridgehead atoms. The van der Waals surface area contributed by atoms with Crippen LogP contribution in [0.2, 0.25) is 0 Å². The largest absolute Gasteiger partial charge is 0.378 e. The monoisotopic (exact) mass is 402 g/mol. The number of halogens is 2. The molecule has 0 radical (unpaired) electrons. The molecule has 2 N–H and O–H groups in total. The Morgan fingerprint density at radius 3 is 2.77 bits per heavy atom. The Hall–Kier alpha value is -1.08. The predicted molar refractivity (Wildman–Crippen MR) is 106 cm³/mol. The van der Waals surface area contributed by atoms with Crippen molar-refractivity contribution in [2.75, 3.05) is 44.3 Å². The van der Waals surface area contributed by atoms with E-state index in [1.165, 1.54) is 0 Å². The molecule has 1 aromatic heterocycles. The van der Waals surface area contributed by atoms with Crippen LogP contribution >= 0.6 is 24.8 Å². The standard InChI is InChI=1S/C18H26N4O2.2ClH/c23-17(15-12-18(15)3-6-19-7-4-18)21-13-14-2-1-5-20-16(14)22-8-10-24-11-9-22;;/h1-2,5,15,19H,3-4,6-13H2,(H,21,23);2*1H. The summed E-state index contributed by atoms with van der Waals surface area (Å²) in [6.07, 6.45) is 5.15. The molecular weight excluding hydrogens is 375 g/mol. The van der Waals surface area contributed by atoms with Crippen LogP contribution in [0.3, 0.4) is 0 Å². The van der Waals surface area contributed by atoms with E-state index < -0.39 is 0 Å². The topological polar surface area (TPSA) is 66.5 Å². The molecule has 2 saturated heterocycles. The van der Waals surface area contributed by atoms with Crippen molar-refractivity contribution >= 4 is 36.5 Å². The number of morpholine rings is 1. The predicted octanol–water partition coefficient (Wildman–Crippen LogP) is 1.77. The van der Waals surface area contributed by atoms with Crippen molar-refractivity contribution in [1.29, 1.82) is 0 Å². The lowest BCUT2D eigenvalue weighted by Crippen LogP contribution is -2.38. The lowest BCUT2D eigenvalue weighted by atomic mass is 9.92. The van der Waals surface area contributed by atoms with Gasteiger partial charge in [-0.1, -0.05) is 6.07 Å². The molecule has 4 rings (SSSR count). The van der Waals surface area contributed by atoms with Crippen LogP contribution < -0.4 is 15.5 Å². The molecule has 1 saturated carbocycles. The van der Waals surface area contributed by atoms with E-state index in [1.807, 2.05) is 12.3 Å². The third-order valence-electron chi connectivity index (χ3n) is 5.74. The molecule has 146 valence electrons. The average Bonchev–Trinajstić information content (AvgIpc) is 3.34. The minimum Gasteiger partial charge on any atom is -0.378 e. The minimum atomic E-state index is 0. The third-order valence-corrected chi connectivity index (χ3v) is 5.74. The number of anilines is 1. The van der Waals surface area contributed by atoms with Crippen molar-refractivity contribution in [3.8, 4) is 0 Å².